The summed E-state index contributed by atoms with van der Waals surface area (Å²) in [5.41, 5.74) is 1.43. The van der Waals surface area contributed by atoms with Gasteiger partial charge in [-0.25, -0.2) is 0 Å². The molecule has 2 nitrogen and oxygen atoms in total. The molecule has 0 aromatic heterocycles. The third kappa shape index (κ3) is 6.58. The first-order valence-electron chi connectivity index (χ1n) is 8.15. The van der Waals surface area contributed by atoms with Crippen molar-refractivity contribution in [1.82, 2.24) is 9.80 Å². The number of hydrogen-bond acceptors (Lipinski definition) is 2. The number of nitrogens with zero attached hydrogens (tertiary/aromatic N) is 2. The molecular weight excluding hydrogens is 232 g/mol. The maximum Gasteiger partial charge on any atom is 0.00388 e. The van der Waals surface area contributed by atoms with Crippen molar-refractivity contribution in [2.45, 2.75) is 71.9 Å². The molecule has 2 rings (SSSR count). The lowest BCUT2D eigenvalue weighted by molar-refractivity contribution is 0.185. The van der Waals surface area contributed by atoms with E-state index in [0.717, 1.165) is 6.04 Å². The molecule has 2 aliphatic heterocycles. The van der Waals surface area contributed by atoms with Gasteiger partial charge in [-0.1, -0.05) is 18.6 Å². The minimum Gasteiger partial charge on any atom is -0.301 e. The Morgan fingerprint density at radius 3 is 1.53 bits per heavy atom. The van der Waals surface area contributed by atoms with E-state index in [-0.39, 0.29) is 0 Å². The summed E-state index contributed by atoms with van der Waals surface area (Å²) in [6, 6.07) is 1.48. The highest BCUT2D eigenvalue weighted by atomic mass is 15.1. The minimum atomic E-state index is 0.716. The molecule has 0 spiro atoms. The summed E-state index contributed by atoms with van der Waals surface area (Å²) in [4.78, 5) is 5.07. The Morgan fingerprint density at radius 1 is 0.737 bits per heavy atom. The zero-order valence-electron chi connectivity index (χ0n) is 13.6. The van der Waals surface area contributed by atoms with Crippen molar-refractivity contribution in [3.8, 4) is 0 Å². The molecule has 19 heavy (non-hydrogen) atoms. The van der Waals surface area contributed by atoms with E-state index in [1.807, 2.05) is 0 Å². The summed E-state index contributed by atoms with van der Waals surface area (Å²) in [6.45, 7) is 18.2. The molecule has 2 saturated heterocycles. The smallest absolute Gasteiger partial charge is 0.00388 e. The van der Waals surface area contributed by atoms with E-state index in [2.05, 4.69) is 44.1 Å². The molecule has 0 aliphatic carbocycles. The highest BCUT2D eigenvalue weighted by molar-refractivity contribution is 4.99. The third-order valence-corrected chi connectivity index (χ3v) is 4.36. The first-order valence-corrected chi connectivity index (χ1v) is 8.15. The second kappa shape index (κ2) is 8.76. The Kier molecular flexibility index (Phi) is 7.70. The number of piperidine rings is 2. The van der Waals surface area contributed by atoms with Gasteiger partial charge in [-0.2, -0.15) is 0 Å². The molecule has 2 heterocycles. The lowest BCUT2D eigenvalue weighted by Gasteiger charge is -2.31. The van der Waals surface area contributed by atoms with Crippen LogP contribution in [-0.4, -0.2) is 48.1 Å². The normalized spacial score (nSPS) is 22.5. The van der Waals surface area contributed by atoms with E-state index in [4.69, 9.17) is 0 Å². The van der Waals surface area contributed by atoms with Gasteiger partial charge in [0.25, 0.3) is 0 Å². The summed E-state index contributed by atoms with van der Waals surface area (Å²) >= 11 is 0. The largest absolute Gasteiger partial charge is 0.301 e. The molecule has 0 amide bonds. The Bertz CT molecular complexity index is 242. The predicted octanol–water partition coefficient (Wildman–Crippen LogP) is 3.93. The van der Waals surface area contributed by atoms with E-state index >= 15 is 0 Å². The first-order chi connectivity index (χ1) is 9.00. The summed E-state index contributed by atoms with van der Waals surface area (Å²) in [5, 5.41) is 0. The van der Waals surface area contributed by atoms with E-state index in [1.54, 1.807) is 0 Å². The Hall–Kier alpha value is -0.340. The highest BCUT2D eigenvalue weighted by Crippen LogP contribution is 2.15. The van der Waals surface area contributed by atoms with Gasteiger partial charge in [-0.3, -0.25) is 0 Å². The number of hydrogen-bond donors (Lipinski definition) is 0. The van der Waals surface area contributed by atoms with Crippen LogP contribution in [0.15, 0.2) is 12.2 Å². The molecule has 2 fully saturated rings. The van der Waals surface area contributed by atoms with Crippen molar-refractivity contribution >= 4 is 0 Å². The average Bonchev–Trinajstić information content (AvgIpc) is 2.41. The topological polar surface area (TPSA) is 6.48 Å². The van der Waals surface area contributed by atoms with Gasteiger partial charge in [0.15, 0.2) is 0 Å². The predicted molar refractivity (Wildman–Crippen MR) is 85.6 cm³/mol. The molecule has 2 aliphatic rings. The van der Waals surface area contributed by atoms with Crippen LogP contribution in [0.2, 0.25) is 0 Å². The van der Waals surface area contributed by atoms with Gasteiger partial charge in [-0.05, 0) is 66.5 Å². The van der Waals surface area contributed by atoms with Crippen LogP contribution in [0.5, 0.6) is 0 Å². The minimum absolute atomic E-state index is 0.716. The fourth-order valence-electron chi connectivity index (χ4n) is 2.79. The van der Waals surface area contributed by atoms with Crippen molar-refractivity contribution < 1.29 is 0 Å². The lowest BCUT2D eigenvalue weighted by atomic mass is 10.1. The fourth-order valence-corrected chi connectivity index (χ4v) is 2.79. The van der Waals surface area contributed by atoms with Crippen molar-refractivity contribution in [3.63, 3.8) is 0 Å². The molecule has 2 heteroatoms. The van der Waals surface area contributed by atoms with Gasteiger partial charge < -0.3 is 9.80 Å². The van der Waals surface area contributed by atoms with Crippen LogP contribution in [0, 0.1) is 0 Å². The van der Waals surface area contributed by atoms with Gasteiger partial charge in [-0.15, -0.1) is 0 Å². The van der Waals surface area contributed by atoms with E-state index in [9.17, 15) is 0 Å². The summed E-state index contributed by atoms with van der Waals surface area (Å²) in [6.07, 6.45) is 6.69. The molecule has 0 aromatic carbocycles. The van der Waals surface area contributed by atoms with Crippen LogP contribution < -0.4 is 0 Å². The van der Waals surface area contributed by atoms with Crippen molar-refractivity contribution in [3.05, 3.63) is 12.2 Å². The molecule has 0 radical (unpaired) electrons. The number of rotatable bonds is 2. The van der Waals surface area contributed by atoms with E-state index in [0.29, 0.717) is 6.04 Å². The zero-order valence-corrected chi connectivity index (χ0v) is 13.6. The van der Waals surface area contributed by atoms with Crippen molar-refractivity contribution in [2.75, 3.05) is 26.2 Å². The van der Waals surface area contributed by atoms with E-state index < -0.39 is 0 Å². The standard InChI is InChI=1S/C9H17N.C8H17N/c1-8(2)10-6-4-9(3)5-7-10;1-8(2)9-6-4-3-5-7-9/h8H,3-7H2,1-2H3;8H,3-7H2,1-2H3. The molecule has 0 bridgehead atoms. The van der Waals surface area contributed by atoms with Gasteiger partial charge in [0.1, 0.15) is 0 Å². The second-order valence-corrected chi connectivity index (χ2v) is 6.57. The van der Waals surface area contributed by atoms with Crippen molar-refractivity contribution in [1.29, 1.82) is 0 Å². The van der Waals surface area contributed by atoms with E-state index in [1.165, 1.54) is 63.9 Å². The maximum absolute atomic E-state index is 3.98. The van der Waals surface area contributed by atoms with Crippen LogP contribution in [0.3, 0.4) is 0 Å². The highest BCUT2D eigenvalue weighted by Gasteiger charge is 2.14. The quantitative estimate of drug-likeness (QED) is 0.699. The Labute approximate surface area is 120 Å². The van der Waals surface area contributed by atoms with Crippen LogP contribution >= 0.6 is 0 Å². The van der Waals surface area contributed by atoms with Gasteiger partial charge in [0, 0.05) is 25.2 Å². The van der Waals surface area contributed by atoms with Gasteiger partial charge >= 0.3 is 0 Å². The molecule has 112 valence electrons. The molecular formula is C17H34N2. The maximum atomic E-state index is 3.98. The molecule has 0 unspecified atom stereocenters. The first kappa shape index (κ1) is 16.7. The summed E-state index contributed by atoms with van der Waals surface area (Å²) in [7, 11) is 0. The van der Waals surface area contributed by atoms with Crippen LogP contribution in [0.1, 0.15) is 59.8 Å². The number of likely N-dealkylation sites (tertiary alicyclic amines) is 2. The fraction of sp³-hybridized carbons (Fsp3) is 0.882. The summed E-state index contributed by atoms with van der Waals surface area (Å²) < 4.78 is 0. The molecule has 0 atom stereocenters. The van der Waals surface area contributed by atoms with Crippen LogP contribution in [0.4, 0.5) is 0 Å². The molecule has 0 aromatic rings. The second-order valence-electron chi connectivity index (χ2n) is 6.57. The molecule has 0 saturated carbocycles. The Balaban J connectivity index is 0.000000191. The summed E-state index contributed by atoms with van der Waals surface area (Å²) in [5.74, 6) is 0. The zero-order chi connectivity index (χ0) is 14.3. The lowest BCUT2D eigenvalue weighted by Crippen LogP contribution is -2.36. The van der Waals surface area contributed by atoms with Crippen LogP contribution in [0.25, 0.3) is 0 Å². The molecule has 0 N–H and O–H groups in total. The van der Waals surface area contributed by atoms with Crippen LogP contribution in [-0.2, 0) is 0 Å². The SMILES string of the molecule is C=C1CCN(C(C)C)CC1.CC(C)N1CCCCC1. The van der Waals surface area contributed by atoms with Gasteiger partial charge in [0.05, 0.1) is 0 Å². The third-order valence-electron chi connectivity index (χ3n) is 4.36. The van der Waals surface area contributed by atoms with Crippen molar-refractivity contribution in [2.24, 2.45) is 0 Å². The monoisotopic (exact) mass is 266 g/mol. The van der Waals surface area contributed by atoms with Gasteiger partial charge in [0.2, 0.25) is 0 Å². The Morgan fingerprint density at radius 2 is 1.16 bits per heavy atom. The average molecular weight is 266 g/mol.